The molecule has 0 fully saturated rings. The van der Waals surface area contributed by atoms with Gasteiger partial charge in [-0.05, 0) is 24.3 Å². The third kappa shape index (κ3) is 4.89. The van der Waals surface area contributed by atoms with Gasteiger partial charge in [-0.1, -0.05) is 29.8 Å². The third-order valence-electron chi connectivity index (χ3n) is 2.64. The molecule has 21 heavy (non-hydrogen) atoms. The number of para-hydroxylation sites is 1. The van der Waals surface area contributed by atoms with Crippen LogP contribution < -0.4 is 21.1 Å². The van der Waals surface area contributed by atoms with Gasteiger partial charge in [0.2, 0.25) is 0 Å². The Morgan fingerprint density at radius 1 is 1.19 bits per heavy atom. The Kier molecular flexibility index (Phi) is 5.29. The van der Waals surface area contributed by atoms with Gasteiger partial charge in [-0.2, -0.15) is 0 Å². The van der Waals surface area contributed by atoms with Crippen LogP contribution in [0.3, 0.4) is 0 Å². The predicted molar refractivity (Wildman–Crippen MR) is 84.8 cm³/mol. The van der Waals surface area contributed by atoms with Crippen LogP contribution in [0.25, 0.3) is 0 Å². The molecule has 2 rings (SSSR count). The summed E-state index contributed by atoms with van der Waals surface area (Å²) in [5.74, 6) is 0.670. The van der Waals surface area contributed by atoms with Gasteiger partial charge in [-0.15, -0.1) is 0 Å². The highest BCUT2D eigenvalue weighted by Crippen LogP contribution is 2.20. The highest BCUT2D eigenvalue weighted by molar-refractivity contribution is 6.33. The number of ether oxygens (including phenoxy) is 1. The van der Waals surface area contributed by atoms with E-state index >= 15 is 0 Å². The van der Waals surface area contributed by atoms with E-state index in [0.717, 1.165) is 0 Å². The molecule has 0 spiro atoms. The van der Waals surface area contributed by atoms with Crippen LogP contribution in [0.4, 0.5) is 16.2 Å². The van der Waals surface area contributed by atoms with Gasteiger partial charge in [0.1, 0.15) is 12.4 Å². The summed E-state index contributed by atoms with van der Waals surface area (Å²) >= 11 is 5.95. The van der Waals surface area contributed by atoms with Crippen molar-refractivity contribution in [3.8, 4) is 5.75 Å². The molecule has 2 aromatic rings. The molecule has 0 saturated carbocycles. The van der Waals surface area contributed by atoms with Crippen LogP contribution >= 0.6 is 11.6 Å². The van der Waals surface area contributed by atoms with Crippen LogP contribution in [0.5, 0.6) is 5.75 Å². The van der Waals surface area contributed by atoms with Crippen molar-refractivity contribution in [2.45, 2.75) is 0 Å². The Labute approximate surface area is 128 Å². The number of rotatable bonds is 5. The van der Waals surface area contributed by atoms with Crippen molar-refractivity contribution in [3.05, 3.63) is 53.6 Å². The van der Waals surface area contributed by atoms with E-state index in [1.165, 1.54) is 0 Å². The predicted octanol–water partition coefficient (Wildman–Crippen LogP) is 3.12. The normalized spacial score (nSPS) is 9.95. The lowest BCUT2D eigenvalue weighted by atomic mass is 10.3. The SMILES string of the molecule is Nc1cccc(OCCNC(=O)Nc2ccccc2Cl)c1. The number of carbonyl (C=O) groups is 1. The van der Waals surface area contributed by atoms with Gasteiger partial charge >= 0.3 is 6.03 Å². The first-order chi connectivity index (χ1) is 10.1. The number of anilines is 2. The summed E-state index contributed by atoms with van der Waals surface area (Å²) in [6.07, 6.45) is 0. The molecule has 0 saturated heterocycles. The number of amides is 2. The number of hydrogen-bond donors (Lipinski definition) is 3. The van der Waals surface area contributed by atoms with Gasteiger partial charge < -0.3 is 21.1 Å². The number of carbonyl (C=O) groups excluding carboxylic acids is 1. The average Bonchev–Trinajstić information content (AvgIpc) is 2.46. The van der Waals surface area contributed by atoms with E-state index in [-0.39, 0.29) is 6.03 Å². The standard InChI is InChI=1S/C15H16ClN3O2/c16-13-6-1-2-7-14(13)19-15(20)18-8-9-21-12-5-3-4-11(17)10-12/h1-7,10H,8-9,17H2,(H2,18,19,20). The van der Waals surface area contributed by atoms with Crippen molar-refractivity contribution >= 4 is 29.0 Å². The Bertz CT molecular complexity index is 619. The number of urea groups is 1. The second-order valence-electron chi connectivity index (χ2n) is 4.28. The summed E-state index contributed by atoms with van der Waals surface area (Å²) in [7, 11) is 0. The van der Waals surface area contributed by atoms with Gasteiger partial charge in [0.15, 0.2) is 0 Å². The molecule has 0 aromatic heterocycles. The minimum Gasteiger partial charge on any atom is -0.492 e. The average molecular weight is 306 g/mol. The lowest BCUT2D eigenvalue weighted by Gasteiger charge is -2.10. The van der Waals surface area contributed by atoms with E-state index in [9.17, 15) is 4.79 Å². The molecule has 0 aliphatic carbocycles. The smallest absolute Gasteiger partial charge is 0.319 e. The molecule has 2 amide bonds. The van der Waals surface area contributed by atoms with Crippen LogP contribution in [0.2, 0.25) is 5.02 Å². The Hall–Kier alpha value is -2.40. The lowest BCUT2D eigenvalue weighted by Crippen LogP contribution is -2.32. The first-order valence-electron chi connectivity index (χ1n) is 6.43. The second kappa shape index (κ2) is 7.40. The number of halogens is 1. The van der Waals surface area contributed by atoms with Crippen LogP contribution in [-0.4, -0.2) is 19.2 Å². The number of nitrogens with two attached hydrogens (primary N) is 1. The van der Waals surface area contributed by atoms with Crippen molar-refractivity contribution in [1.82, 2.24) is 5.32 Å². The minimum atomic E-state index is -0.334. The first kappa shape index (κ1) is 15.0. The van der Waals surface area contributed by atoms with E-state index in [1.54, 1.807) is 42.5 Å². The second-order valence-corrected chi connectivity index (χ2v) is 4.69. The number of nitrogen functional groups attached to an aromatic ring is 1. The Morgan fingerprint density at radius 2 is 2.00 bits per heavy atom. The van der Waals surface area contributed by atoms with Crippen molar-refractivity contribution in [3.63, 3.8) is 0 Å². The van der Waals surface area contributed by atoms with E-state index in [1.807, 2.05) is 6.07 Å². The van der Waals surface area contributed by atoms with Gasteiger partial charge in [0, 0.05) is 11.8 Å². The fourth-order valence-corrected chi connectivity index (χ4v) is 1.85. The topological polar surface area (TPSA) is 76.4 Å². The quantitative estimate of drug-likeness (QED) is 0.587. The summed E-state index contributed by atoms with van der Waals surface area (Å²) in [5, 5.41) is 5.83. The summed E-state index contributed by atoms with van der Waals surface area (Å²) < 4.78 is 5.46. The molecule has 0 heterocycles. The van der Waals surface area contributed by atoms with Gasteiger partial charge in [0.25, 0.3) is 0 Å². The van der Waals surface area contributed by atoms with Gasteiger partial charge in [-0.25, -0.2) is 4.79 Å². The van der Waals surface area contributed by atoms with Gasteiger partial charge in [-0.3, -0.25) is 0 Å². The highest BCUT2D eigenvalue weighted by atomic mass is 35.5. The summed E-state index contributed by atoms with van der Waals surface area (Å²) in [6, 6.07) is 13.8. The minimum absolute atomic E-state index is 0.334. The molecular formula is C15H16ClN3O2. The lowest BCUT2D eigenvalue weighted by molar-refractivity contribution is 0.247. The molecule has 0 bridgehead atoms. The van der Waals surface area contributed by atoms with Crippen molar-refractivity contribution in [1.29, 1.82) is 0 Å². The fourth-order valence-electron chi connectivity index (χ4n) is 1.67. The number of nitrogens with one attached hydrogen (secondary N) is 2. The molecular weight excluding hydrogens is 290 g/mol. The summed E-state index contributed by atoms with van der Waals surface area (Å²) in [4.78, 5) is 11.7. The van der Waals surface area contributed by atoms with Crippen LogP contribution in [-0.2, 0) is 0 Å². The van der Waals surface area contributed by atoms with Crippen LogP contribution in [0.1, 0.15) is 0 Å². The summed E-state index contributed by atoms with van der Waals surface area (Å²) in [5.41, 5.74) is 6.84. The molecule has 0 aliphatic rings. The zero-order valence-electron chi connectivity index (χ0n) is 11.3. The van der Waals surface area contributed by atoms with E-state index in [0.29, 0.717) is 35.3 Å². The van der Waals surface area contributed by atoms with Crippen molar-refractivity contribution < 1.29 is 9.53 Å². The molecule has 0 radical (unpaired) electrons. The maximum absolute atomic E-state index is 11.7. The largest absolute Gasteiger partial charge is 0.492 e. The maximum atomic E-state index is 11.7. The molecule has 110 valence electrons. The fraction of sp³-hybridized carbons (Fsp3) is 0.133. The first-order valence-corrected chi connectivity index (χ1v) is 6.80. The summed E-state index contributed by atoms with van der Waals surface area (Å²) in [6.45, 7) is 0.713. The van der Waals surface area contributed by atoms with Crippen molar-refractivity contribution in [2.24, 2.45) is 0 Å². The molecule has 6 heteroatoms. The maximum Gasteiger partial charge on any atom is 0.319 e. The zero-order valence-corrected chi connectivity index (χ0v) is 12.1. The molecule has 4 N–H and O–H groups in total. The van der Waals surface area contributed by atoms with Crippen molar-refractivity contribution in [2.75, 3.05) is 24.2 Å². The zero-order chi connectivity index (χ0) is 15.1. The monoisotopic (exact) mass is 305 g/mol. The van der Waals surface area contributed by atoms with E-state index < -0.39 is 0 Å². The van der Waals surface area contributed by atoms with E-state index in [4.69, 9.17) is 22.1 Å². The Morgan fingerprint density at radius 3 is 2.76 bits per heavy atom. The molecule has 0 unspecified atom stereocenters. The molecule has 0 atom stereocenters. The van der Waals surface area contributed by atoms with Gasteiger partial charge in [0.05, 0.1) is 17.3 Å². The third-order valence-corrected chi connectivity index (χ3v) is 2.97. The van der Waals surface area contributed by atoms with Crippen LogP contribution in [0.15, 0.2) is 48.5 Å². The number of benzene rings is 2. The number of hydrogen-bond acceptors (Lipinski definition) is 3. The van der Waals surface area contributed by atoms with E-state index in [2.05, 4.69) is 10.6 Å². The highest BCUT2D eigenvalue weighted by Gasteiger charge is 2.04. The van der Waals surface area contributed by atoms with Crippen LogP contribution in [0, 0.1) is 0 Å². The molecule has 0 aliphatic heterocycles. The Balaban J connectivity index is 1.71. The molecule has 2 aromatic carbocycles. The molecule has 5 nitrogen and oxygen atoms in total.